The highest BCUT2D eigenvalue weighted by Gasteiger charge is 2.52. The number of amides is 1. The number of nitro benzene ring substituents is 1. The molecule has 0 bridgehead atoms. The largest absolute Gasteiger partial charge is 0.441 e. The first-order chi connectivity index (χ1) is 13.8. The van der Waals surface area contributed by atoms with Gasteiger partial charge in [0.15, 0.2) is 0 Å². The Morgan fingerprint density at radius 3 is 2.52 bits per heavy atom. The summed E-state index contributed by atoms with van der Waals surface area (Å²) in [6.45, 7) is 3.79. The van der Waals surface area contributed by atoms with Gasteiger partial charge >= 0.3 is 6.09 Å². The molecule has 0 saturated carbocycles. The minimum Gasteiger partial charge on any atom is -0.441 e. The van der Waals surface area contributed by atoms with Crippen LogP contribution in [0.1, 0.15) is 31.4 Å². The van der Waals surface area contributed by atoms with Crippen molar-refractivity contribution in [2.24, 2.45) is 5.16 Å². The molecule has 2 aliphatic heterocycles. The first kappa shape index (κ1) is 18.9. The van der Waals surface area contributed by atoms with E-state index in [4.69, 9.17) is 9.57 Å². The van der Waals surface area contributed by atoms with E-state index >= 15 is 0 Å². The van der Waals surface area contributed by atoms with Crippen LogP contribution in [0.3, 0.4) is 0 Å². The summed E-state index contributed by atoms with van der Waals surface area (Å²) in [5.74, 6) is 0. The number of rotatable bonds is 5. The summed E-state index contributed by atoms with van der Waals surface area (Å²) in [5.41, 5.74) is 1.80. The zero-order valence-corrected chi connectivity index (χ0v) is 16.1. The Hall–Kier alpha value is -3.42. The Labute approximate surface area is 167 Å². The van der Waals surface area contributed by atoms with Crippen molar-refractivity contribution in [1.29, 1.82) is 0 Å². The second-order valence-electron chi connectivity index (χ2n) is 7.69. The summed E-state index contributed by atoms with van der Waals surface area (Å²) >= 11 is 0. The van der Waals surface area contributed by atoms with Crippen LogP contribution in [0.15, 0.2) is 59.8 Å². The molecule has 0 aliphatic carbocycles. The van der Waals surface area contributed by atoms with Crippen molar-refractivity contribution in [3.8, 4) is 0 Å². The summed E-state index contributed by atoms with van der Waals surface area (Å²) < 4.78 is 5.62. The lowest BCUT2D eigenvalue weighted by Crippen LogP contribution is -2.48. The van der Waals surface area contributed by atoms with Gasteiger partial charge in [0.05, 0.1) is 23.1 Å². The number of benzene rings is 2. The van der Waals surface area contributed by atoms with Gasteiger partial charge in [0.2, 0.25) is 6.23 Å². The molecule has 8 heteroatoms. The van der Waals surface area contributed by atoms with Crippen LogP contribution < -0.4 is 0 Å². The van der Waals surface area contributed by atoms with Gasteiger partial charge in [-0.2, -0.15) is 0 Å². The first-order valence-electron chi connectivity index (χ1n) is 9.38. The molecule has 1 amide bonds. The summed E-state index contributed by atoms with van der Waals surface area (Å²) in [6, 6.07) is 15.8. The van der Waals surface area contributed by atoms with Gasteiger partial charge in [-0.25, -0.2) is 4.79 Å². The van der Waals surface area contributed by atoms with Crippen LogP contribution in [-0.4, -0.2) is 39.5 Å². The molecule has 0 aromatic heterocycles. The second-order valence-corrected chi connectivity index (χ2v) is 7.69. The van der Waals surface area contributed by atoms with Crippen LogP contribution >= 0.6 is 0 Å². The highest BCUT2D eigenvalue weighted by Crippen LogP contribution is 2.36. The van der Waals surface area contributed by atoms with Gasteiger partial charge in [-0.1, -0.05) is 35.5 Å². The third kappa shape index (κ3) is 3.65. The Morgan fingerprint density at radius 1 is 1.17 bits per heavy atom. The molecule has 2 aromatic carbocycles. The van der Waals surface area contributed by atoms with Gasteiger partial charge in [0, 0.05) is 17.7 Å². The maximum absolute atomic E-state index is 12.6. The third-order valence-corrected chi connectivity index (χ3v) is 5.35. The van der Waals surface area contributed by atoms with Gasteiger partial charge in [-0.3, -0.25) is 15.0 Å². The average Bonchev–Trinajstić information content (AvgIpc) is 3.25. The fourth-order valence-corrected chi connectivity index (χ4v) is 3.77. The zero-order chi connectivity index (χ0) is 20.6. The molecule has 2 heterocycles. The average molecular weight is 395 g/mol. The Morgan fingerprint density at radius 2 is 1.86 bits per heavy atom. The maximum atomic E-state index is 12.6. The summed E-state index contributed by atoms with van der Waals surface area (Å²) in [7, 11) is 0. The number of ether oxygens (including phenoxy) is 1. The first-order valence-corrected chi connectivity index (χ1v) is 9.38. The Kier molecular flexibility index (Phi) is 4.70. The maximum Gasteiger partial charge on any atom is 0.413 e. The van der Waals surface area contributed by atoms with Crippen LogP contribution in [0.25, 0.3) is 0 Å². The minimum absolute atomic E-state index is 0.0117. The Balaban J connectivity index is 1.52. The normalized spacial score (nSPS) is 22.8. The van der Waals surface area contributed by atoms with E-state index in [-0.39, 0.29) is 11.7 Å². The highest BCUT2D eigenvalue weighted by atomic mass is 16.7. The van der Waals surface area contributed by atoms with Gasteiger partial charge in [0.1, 0.15) is 5.60 Å². The molecule has 150 valence electrons. The van der Waals surface area contributed by atoms with Crippen molar-refractivity contribution >= 4 is 17.5 Å². The summed E-state index contributed by atoms with van der Waals surface area (Å²) in [5, 5.41) is 15.0. The van der Waals surface area contributed by atoms with Gasteiger partial charge < -0.3 is 9.57 Å². The van der Waals surface area contributed by atoms with Crippen LogP contribution in [0.4, 0.5) is 10.5 Å². The van der Waals surface area contributed by atoms with Crippen LogP contribution in [0.5, 0.6) is 0 Å². The topological polar surface area (TPSA) is 94.3 Å². The molecule has 2 aromatic rings. The molecule has 2 atom stereocenters. The van der Waals surface area contributed by atoms with E-state index in [0.29, 0.717) is 18.6 Å². The molecule has 8 nitrogen and oxygen atoms in total. The van der Waals surface area contributed by atoms with Crippen molar-refractivity contribution in [2.75, 3.05) is 0 Å². The fraction of sp³-hybridized carbons (Fsp3) is 0.333. The minimum atomic E-state index is -0.674. The molecule has 1 fully saturated rings. The number of hydrogen-bond donors (Lipinski definition) is 0. The van der Waals surface area contributed by atoms with Crippen LogP contribution in [0, 0.1) is 10.1 Å². The van der Waals surface area contributed by atoms with Crippen molar-refractivity contribution in [3.63, 3.8) is 0 Å². The smallest absolute Gasteiger partial charge is 0.413 e. The number of non-ortho nitro benzene ring substituents is 1. The summed E-state index contributed by atoms with van der Waals surface area (Å²) in [6.07, 6.45) is 0.00453. The number of hydrogen-bond acceptors (Lipinski definition) is 6. The van der Waals surface area contributed by atoms with Crippen LogP contribution in [-0.2, 0) is 16.0 Å². The molecule has 1 saturated heterocycles. The quantitative estimate of drug-likeness (QED) is 0.565. The molecule has 0 unspecified atom stereocenters. The van der Waals surface area contributed by atoms with Crippen molar-refractivity contribution in [3.05, 3.63) is 75.8 Å². The summed E-state index contributed by atoms with van der Waals surface area (Å²) in [4.78, 5) is 30.2. The fourth-order valence-electron chi connectivity index (χ4n) is 3.77. The highest BCUT2D eigenvalue weighted by molar-refractivity contribution is 6.01. The van der Waals surface area contributed by atoms with Crippen LogP contribution in [0.2, 0.25) is 0 Å². The number of nitro groups is 1. The predicted molar refractivity (Wildman–Crippen MR) is 105 cm³/mol. The van der Waals surface area contributed by atoms with Gasteiger partial charge in [-0.05, 0) is 38.0 Å². The van der Waals surface area contributed by atoms with E-state index in [2.05, 4.69) is 5.16 Å². The SMILES string of the molecule is CC1(C)OC(=O)N([C@H]2CC(c3ccc([N+](=O)[O-])cc3)=NO2)[C@H]1Cc1ccccc1. The van der Waals surface area contributed by atoms with Crippen molar-refractivity contribution < 1.29 is 19.3 Å². The standard InChI is InChI=1S/C21H21N3O5/c1-21(2)18(12-14-6-4-3-5-7-14)23(20(25)28-21)19-13-17(22-29-19)15-8-10-16(11-9-15)24(26)27/h3-11,18-19H,12-13H2,1-2H3/t18-,19+/m0/s1. The number of oxime groups is 1. The lowest BCUT2D eigenvalue weighted by Gasteiger charge is -2.31. The molecule has 0 radical (unpaired) electrons. The molecule has 4 rings (SSSR count). The molecular formula is C21H21N3O5. The number of nitrogens with zero attached hydrogens (tertiary/aromatic N) is 3. The lowest BCUT2D eigenvalue weighted by molar-refractivity contribution is -0.384. The van der Waals surface area contributed by atoms with E-state index in [1.165, 1.54) is 12.1 Å². The zero-order valence-electron chi connectivity index (χ0n) is 16.1. The van der Waals surface area contributed by atoms with E-state index in [0.717, 1.165) is 11.1 Å². The van der Waals surface area contributed by atoms with E-state index in [9.17, 15) is 14.9 Å². The number of carbonyl (C=O) groups excluding carboxylic acids is 1. The van der Waals surface area contributed by atoms with E-state index < -0.39 is 22.8 Å². The monoisotopic (exact) mass is 395 g/mol. The lowest BCUT2D eigenvalue weighted by atomic mass is 9.91. The van der Waals surface area contributed by atoms with Gasteiger partial charge in [-0.15, -0.1) is 0 Å². The number of carbonyl (C=O) groups is 1. The molecule has 0 spiro atoms. The number of cyclic esters (lactones) is 1. The predicted octanol–water partition coefficient (Wildman–Crippen LogP) is 3.89. The van der Waals surface area contributed by atoms with E-state index in [1.54, 1.807) is 17.0 Å². The molecule has 0 N–H and O–H groups in total. The van der Waals surface area contributed by atoms with Crippen molar-refractivity contribution in [1.82, 2.24) is 4.90 Å². The Bertz CT molecular complexity index is 956. The van der Waals surface area contributed by atoms with Crippen molar-refractivity contribution in [2.45, 2.75) is 44.6 Å². The molecule has 2 aliphatic rings. The molecule has 29 heavy (non-hydrogen) atoms. The van der Waals surface area contributed by atoms with E-state index in [1.807, 2.05) is 44.2 Å². The molecular weight excluding hydrogens is 374 g/mol. The van der Waals surface area contributed by atoms with Gasteiger partial charge in [0.25, 0.3) is 5.69 Å². The third-order valence-electron chi connectivity index (χ3n) is 5.35. The second kappa shape index (κ2) is 7.20.